The Morgan fingerprint density at radius 1 is 1.38 bits per heavy atom. The van der Waals surface area contributed by atoms with Crippen LogP contribution in [0, 0.1) is 11.8 Å². The number of hydrogen-bond donors (Lipinski definition) is 2. The molecule has 1 heterocycles. The molecule has 118 valence electrons. The summed E-state index contributed by atoms with van der Waals surface area (Å²) in [5.74, 6) is 2.26. The molecule has 0 spiro atoms. The van der Waals surface area contributed by atoms with Gasteiger partial charge in [0.15, 0.2) is 0 Å². The van der Waals surface area contributed by atoms with Gasteiger partial charge in [-0.3, -0.25) is 0 Å². The first-order valence-electron chi connectivity index (χ1n) is 7.90. The van der Waals surface area contributed by atoms with Crippen LogP contribution >= 0.6 is 0 Å². The number of rotatable bonds is 6. The van der Waals surface area contributed by atoms with E-state index >= 15 is 0 Å². The zero-order chi connectivity index (χ0) is 15.2. The molecule has 1 aromatic rings. The Balaban J connectivity index is 1.75. The van der Waals surface area contributed by atoms with Crippen LogP contribution in [0.5, 0.6) is 5.75 Å². The number of aliphatic hydroxyl groups is 1. The third kappa shape index (κ3) is 4.99. The van der Waals surface area contributed by atoms with Crippen LogP contribution < -0.4 is 10.5 Å². The summed E-state index contributed by atoms with van der Waals surface area (Å²) in [5.41, 5.74) is 6.65. The van der Waals surface area contributed by atoms with Crippen LogP contribution in [0.2, 0.25) is 0 Å². The van der Waals surface area contributed by atoms with Gasteiger partial charge in [-0.2, -0.15) is 0 Å². The molecule has 0 radical (unpaired) electrons. The molecule has 0 amide bonds. The standard InChI is InChI=1S/C17H28N2O2/c1-13-6-7-19(10-14(13)2)11-16(20)12-21-17-5-3-4-15(8-17)9-18/h3-5,8,13-14,16,20H,6-7,9-12,18H2,1-2H3. The highest BCUT2D eigenvalue weighted by Gasteiger charge is 2.24. The normalized spacial score (nSPS) is 24.8. The molecule has 0 bridgehead atoms. The maximum absolute atomic E-state index is 10.2. The number of aliphatic hydroxyl groups excluding tert-OH is 1. The second kappa shape index (κ2) is 7.78. The molecule has 3 unspecified atom stereocenters. The van der Waals surface area contributed by atoms with E-state index in [1.165, 1.54) is 6.42 Å². The molecule has 3 N–H and O–H groups in total. The fourth-order valence-electron chi connectivity index (χ4n) is 2.82. The third-order valence-electron chi connectivity index (χ3n) is 4.46. The molecule has 0 aromatic heterocycles. The van der Waals surface area contributed by atoms with Gasteiger partial charge in [0.05, 0.1) is 0 Å². The number of likely N-dealkylation sites (tertiary alicyclic amines) is 1. The van der Waals surface area contributed by atoms with Gasteiger partial charge in [0.2, 0.25) is 0 Å². The molecule has 0 saturated carbocycles. The molecule has 3 atom stereocenters. The molecule has 2 rings (SSSR count). The zero-order valence-electron chi connectivity index (χ0n) is 13.2. The van der Waals surface area contributed by atoms with E-state index in [1.807, 2.05) is 24.3 Å². The Hall–Kier alpha value is -1.10. The molecule has 4 nitrogen and oxygen atoms in total. The van der Waals surface area contributed by atoms with Crippen molar-refractivity contribution in [2.75, 3.05) is 26.2 Å². The molecule has 1 aliphatic heterocycles. The van der Waals surface area contributed by atoms with E-state index in [2.05, 4.69) is 18.7 Å². The van der Waals surface area contributed by atoms with Crippen LogP contribution in [0.1, 0.15) is 25.8 Å². The lowest BCUT2D eigenvalue weighted by molar-refractivity contribution is 0.0436. The Kier molecular flexibility index (Phi) is 6.03. The van der Waals surface area contributed by atoms with Gasteiger partial charge in [0.1, 0.15) is 18.5 Å². The van der Waals surface area contributed by atoms with Crippen molar-refractivity contribution in [3.63, 3.8) is 0 Å². The van der Waals surface area contributed by atoms with Crippen LogP contribution in [0.4, 0.5) is 0 Å². The van der Waals surface area contributed by atoms with Gasteiger partial charge in [0, 0.05) is 19.6 Å². The first kappa shape index (κ1) is 16.3. The van der Waals surface area contributed by atoms with Gasteiger partial charge in [-0.15, -0.1) is 0 Å². The number of nitrogens with zero attached hydrogens (tertiary/aromatic N) is 1. The summed E-state index contributed by atoms with van der Waals surface area (Å²) in [7, 11) is 0. The van der Waals surface area contributed by atoms with Crippen molar-refractivity contribution in [2.24, 2.45) is 17.6 Å². The summed E-state index contributed by atoms with van der Waals surface area (Å²) in [6.07, 6.45) is 0.764. The fraction of sp³-hybridized carbons (Fsp3) is 0.647. The van der Waals surface area contributed by atoms with Crippen LogP contribution in [0.3, 0.4) is 0 Å². The van der Waals surface area contributed by atoms with Crippen molar-refractivity contribution in [2.45, 2.75) is 32.9 Å². The van der Waals surface area contributed by atoms with E-state index in [0.717, 1.165) is 30.3 Å². The largest absolute Gasteiger partial charge is 0.491 e. The first-order valence-corrected chi connectivity index (χ1v) is 7.90. The van der Waals surface area contributed by atoms with Crippen LogP contribution in [0.25, 0.3) is 0 Å². The lowest BCUT2D eigenvalue weighted by Gasteiger charge is -2.36. The molecule has 1 fully saturated rings. The maximum atomic E-state index is 10.2. The van der Waals surface area contributed by atoms with Crippen LogP contribution in [-0.2, 0) is 6.54 Å². The fourth-order valence-corrected chi connectivity index (χ4v) is 2.82. The SMILES string of the molecule is CC1CCN(CC(O)COc2cccc(CN)c2)CC1C. The predicted molar refractivity (Wildman–Crippen MR) is 85.2 cm³/mol. The van der Waals surface area contributed by atoms with Gasteiger partial charge in [-0.05, 0) is 42.5 Å². The summed E-state index contributed by atoms with van der Waals surface area (Å²) in [6.45, 7) is 8.27. The molecule has 1 saturated heterocycles. The minimum atomic E-state index is -0.452. The highest BCUT2D eigenvalue weighted by Crippen LogP contribution is 2.22. The number of ether oxygens (including phenoxy) is 1. The van der Waals surface area contributed by atoms with E-state index in [0.29, 0.717) is 25.6 Å². The van der Waals surface area contributed by atoms with Gasteiger partial charge in [-0.25, -0.2) is 0 Å². The third-order valence-corrected chi connectivity index (χ3v) is 4.46. The predicted octanol–water partition coefficient (Wildman–Crippen LogP) is 1.86. The smallest absolute Gasteiger partial charge is 0.119 e. The quantitative estimate of drug-likeness (QED) is 0.840. The van der Waals surface area contributed by atoms with Crippen molar-refractivity contribution in [1.82, 2.24) is 4.90 Å². The van der Waals surface area contributed by atoms with Gasteiger partial charge >= 0.3 is 0 Å². The monoisotopic (exact) mass is 292 g/mol. The topological polar surface area (TPSA) is 58.7 Å². The molecular weight excluding hydrogens is 264 g/mol. The van der Waals surface area contributed by atoms with E-state index in [4.69, 9.17) is 10.5 Å². The summed E-state index contributed by atoms with van der Waals surface area (Å²) < 4.78 is 5.67. The molecule has 1 aliphatic rings. The first-order chi connectivity index (χ1) is 10.1. The maximum Gasteiger partial charge on any atom is 0.119 e. The second-order valence-electron chi connectivity index (χ2n) is 6.32. The van der Waals surface area contributed by atoms with E-state index in [1.54, 1.807) is 0 Å². The van der Waals surface area contributed by atoms with Gasteiger partial charge in [0.25, 0.3) is 0 Å². The highest BCUT2D eigenvalue weighted by atomic mass is 16.5. The Morgan fingerprint density at radius 3 is 2.90 bits per heavy atom. The van der Waals surface area contributed by atoms with Gasteiger partial charge in [-0.1, -0.05) is 26.0 Å². The number of β-amino-alcohol motifs (C(OH)–C–C–N with tert-alkyl or cyclic N) is 1. The van der Waals surface area contributed by atoms with Crippen LogP contribution in [0.15, 0.2) is 24.3 Å². The van der Waals surface area contributed by atoms with Crippen molar-refractivity contribution >= 4 is 0 Å². The summed E-state index contributed by atoms with van der Waals surface area (Å²) in [6, 6.07) is 7.73. The van der Waals surface area contributed by atoms with Crippen molar-refractivity contribution in [3.8, 4) is 5.75 Å². The Morgan fingerprint density at radius 2 is 2.19 bits per heavy atom. The second-order valence-corrected chi connectivity index (χ2v) is 6.32. The molecular formula is C17H28N2O2. The molecule has 4 heteroatoms. The number of hydrogen-bond acceptors (Lipinski definition) is 4. The average Bonchev–Trinajstić information content (AvgIpc) is 2.49. The summed E-state index contributed by atoms with van der Waals surface area (Å²) >= 11 is 0. The van der Waals surface area contributed by atoms with Crippen LogP contribution in [-0.4, -0.2) is 42.4 Å². The molecule has 1 aromatic carbocycles. The van der Waals surface area contributed by atoms with E-state index in [9.17, 15) is 5.11 Å². The van der Waals surface area contributed by atoms with Crippen molar-refractivity contribution in [3.05, 3.63) is 29.8 Å². The number of nitrogens with two attached hydrogens (primary N) is 1. The van der Waals surface area contributed by atoms with E-state index < -0.39 is 6.10 Å². The lowest BCUT2D eigenvalue weighted by Crippen LogP contribution is -2.43. The van der Waals surface area contributed by atoms with Crippen molar-refractivity contribution < 1.29 is 9.84 Å². The van der Waals surface area contributed by atoms with Gasteiger partial charge < -0.3 is 20.5 Å². The number of piperidine rings is 1. The van der Waals surface area contributed by atoms with Crippen molar-refractivity contribution in [1.29, 1.82) is 0 Å². The summed E-state index contributed by atoms with van der Waals surface area (Å²) in [4.78, 5) is 2.34. The minimum Gasteiger partial charge on any atom is -0.491 e. The average molecular weight is 292 g/mol. The highest BCUT2D eigenvalue weighted by molar-refractivity contribution is 5.28. The minimum absolute atomic E-state index is 0.328. The Bertz CT molecular complexity index is 439. The Labute approximate surface area is 127 Å². The molecule has 21 heavy (non-hydrogen) atoms. The van der Waals surface area contributed by atoms with E-state index in [-0.39, 0.29) is 0 Å². The molecule has 0 aliphatic carbocycles. The number of benzene rings is 1. The lowest BCUT2D eigenvalue weighted by atomic mass is 9.88. The zero-order valence-corrected chi connectivity index (χ0v) is 13.2. The summed E-state index contributed by atoms with van der Waals surface area (Å²) in [5, 5.41) is 10.2.